The van der Waals surface area contributed by atoms with Gasteiger partial charge >= 0.3 is 5.97 Å². The molecule has 3 rings (SSSR count). The zero-order valence-electron chi connectivity index (χ0n) is 13.3. The van der Waals surface area contributed by atoms with Gasteiger partial charge in [0.15, 0.2) is 5.17 Å². The standard InChI is InChI=1S/C16H15N3O4S/c1-9-8-24-16-17-10(2)13(15(20)23-3)14(18(9)16)11-5-4-6-12(7-11)19(21)22/h4-8,14H,1-3H3. The van der Waals surface area contributed by atoms with Crippen LogP contribution in [0.25, 0.3) is 0 Å². The van der Waals surface area contributed by atoms with E-state index in [2.05, 4.69) is 4.99 Å². The molecule has 0 bridgehead atoms. The van der Waals surface area contributed by atoms with Crippen molar-refractivity contribution in [3.05, 3.63) is 62.3 Å². The molecule has 24 heavy (non-hydrogen) atoms. The summed E-state index contributed by atoms with van der Waals surface area (Å²) in [5.41, 5.74) is 2.49. The van der Waals surface area contributed by atoms with Crippen molar-refractivity contribution in [2.75, 3.05) is 7.11 Å². The molecule has 1 atom stereocenters. The van der Waals surface area contributed by atoms with Crippen LogP contribution in [0.5, 0.6) is 0 Å². The Balaban J connectivity index is 2.19. The number of thioether (sulfide) groups is 1. The van der Waals surface area contributed by atoms with Crippen molar-refractivity contribution in [2.24, 2.45) is 4.99 Å². The number of nitro groups is 1. The number of fused-ring (bicyclic) bond motifs is 1. The number of allylic oxidation sites excluding steroid dienone is 2. The lowest BCUT2D eigenvalue weighted by Gasteiger charge is -2.35. The van der Waals surface area contributed by atoms with Crippen molar-refractivity contribution in [2.45, 2.75) is 19.9 Å². The lowest BCUT2D eigenvalue weighted by atomic mass is 9.94. The van der Waals surface area contributed by atoms with E-state index in [4.69, 9.17) is 4.74 Å². The van der Waals surface area contributed by atoms with E-state index in [0.717, 1.165) is 10.9 Å². The summed E-state index contributed by atoms with van der Waals surface area (Å²) in [6, 6.07) is 5.80. The Morgan fingerprint density at radius 2 is 2.17 bits per heavy atom. The van der Waals surface area contributed by atoms with E-state index in [1.54, 1.807) is 19.1 Å². The quantitative estimate of drug-likeness (QED) is 0.474. The molecule has 0 amide bonds. The number of nitro benzene ring substituents is 1. The highest BCUT2D eigenvalue weighted by molar-refractivity contribution is 8.16. The molecule has 0 N–H and O–H groups in total. The molecule has 1 aromatic rings. The first-order chi connectivity index (χ1) is 11.4. The van der Waals surface area contributed by atoms with Crippen LogP contribution < -0.4 is 0 Å². The minimum atomic E-state index is -0.504. The number of hydrogen-bond donors (Lipinski definition) is 0. The number of aliphatic imine (C=N–C) groups is 1. The normalized spacial score (nSPS) is 19.6. The van der Waals surface area contributed by atoms with Crippen LogP contribution in [0.2, 0.25) is 0 Å². The molecule has 124 valence electrons. The third-order valence-corrected chi connectivity index (χ3v) is 4.87. The molecule has 8 heteroatoms. The fraction of sp³-hybridized carbons (Fsp3) is 0.250. The molecule has 7 nitrogen and oxygen atoms in total. The van der Waals surface area contributed by atoms with Crippen LogP contribution in [0.1, 0.15) is 25.5 Å². The van der Waals surface area contributed by atoms with Gasteiger partial charge in [0, 0.05) is 17.8 Å². The molecule has 1 unspecified atom stereocenters. The van der Waals surface area contributed by atoms with Gasteiger partial charge in [-0.05, 0) is 24.8 Å². The van der Waals surface area contributed by atoms with E-state index in [0.29, 0.717) is 16.8 Å². The molecular formula is C16H15N3O4S. The fourth-order valence-electron chi connectivity index (χ4n) is 2.82. The molecule has 0 spiro atoms. The van der Waals surface area contributed by atoms with E-state index in [1.165, 1.54) is 31.0 Å². The largest absolute Gasteiger partial charge is 0.466 e. The van der Waals surface area contributed by atoms with E-state index in [9.17, 15) is 14.9 Å². The Bertz CT molecular complexity index is 828. The van der Waals surface area contributed by atoms with Gasteiger partial charge in [-0.2, -0.15) is 0 Å². The summed E-state index contributed by atoms with van der Waals surface area (Å²) < 4.78 is 4.92. The number of amidine groups is 1. The number of benzene rings is 1. The summed E-state index contributed by atoms with van der Waals surface area (Å²) >= 11 is 1.46. The first-order valence-electron chi connectivity index (χ1n) is 7.19. The monoisotopic (exact) mass is 345 g/mol. The fourth-order valence-corrected chi connectivity index (χ4v) is 3.76. The SMILES string of the molecule is COC(=O)C1=C(C)N=C2SC=C(C)N2C1c1cccc([N+](=O)[O-])c1. The highest BCUT2D eigenvalue weighted by atomic mass is 32.2. The van der Waals surface area contributed by atoms with Crippen LogP contribution in [0.3, 0.4) is 0 Å². The molecule has 0 saturated heterocycles. The van der Waals surface area contributed by atoms with E-state index < -0.39 is 16.9 Å². The van der Waals surface area contributed by atoms with Gasteiger partial charge < -0.3 is 9.64 Å². The van der Waals surface area contributed by atoms with E-state index in [1.807, 2.05) is 17.2 Å². The number of nitrogens with zero attached hydrogens (tertiary/aromatic N) is 3. The van der Waals surface area contributed by atoms with Gasteiger partial charge in [-0.1, -0.05) is 23.9 Å². The molecule has 0 aromatic heterocycles. The average Bonchev–Trinajstić information content (AvgIpc) is 2.93. The van der Waals surface area contributed by atoms with Gasteiger partial charge in [-0.3, -0.25) is 10.1 Å². The number of non-ortho nitro benzene ring substituents is 1. The maximum absolute atomic E-state index is 12.3. The van der Waals surface area contributed by atoms with Gasteiger partial charge in [0.1, 0.15) is 0 Å². The minimum absolute atomic E-state index is 0.0214. The van der Waals surface area contributed by atoms with Crippen LogP contribution in [0, 0.1) is 10.1 Å². The number of methoxy groups -OCH3 is 1. The Morgan fingerprint density at radius 1 is 1.42 bits per heavy atom. The molecule has 0 fully saturated rings. The number of carbonyl (C=O) groups is 1. The molecule has 1 aromatic carbocycles. The molecule has 0 radical (unpaired) electrons. The van der Waals surface area contributed by atoms with Crippen LogP contribution >= 0.6 is 11.8 Å². The molecule has 2 aliphatic heterocycles. The lowest BCUT2D eigenvalue weighted by molar-refractivity contribution is -0.384. The van der Waals surface area contributed by atoms with Crippen molar-refractivity contribution in [3.63, 3.8) is 0 Å². The molecular weight excluding hydrogens is 330 g/mol. The van der Waals surface area contributed by atoms with Crippen molar-refractivity contribution >= 4 is 28.6 Å². The van der Waals surface area contributed by atoms with Crippen LogP contribution in [-0.2, 0) is 9.53 Å². The summed E-state index contributed by atoms with van der Waals surface area (Å²) in [5.74, 6) is -0.489. The van der Waals surface area contributed by atoms with Gasteiger partial charge in [0.05, 0.1) is 29.3 Å². The Kier molecular flexibility index (Phi) is 4.15. The van der Waals surface area contributed by atoms with Gasteiger partial charge in [-0.15, -0.1) is 0 Å². The topological polar surface area (TPSA) is 85.0 Å². The first-order valence-corrected chi connectivity index (χ1v) is 8.06. The second-order valence-electron chi connectivity index (χ2n) is 5.39. The summed E-state index contributed by atoms with van der Waals surface area (Å²) in [5, 5.41) is 13.8. The van der Waals surface area contributed by atoms with E-state index >= 15 is 0 Å². The predicted octanol–water partition coefficient (Wildman–Crippen LogP) is 3.36. The van der Waals surface area contributed by atoms with E-state index in [-0.39, 0.29) is 5.69 Å². The lowest BCUT2D eigenvalue weighted by Crippen LogP contribution is -2.35. The predicted molar refractivity (Wildman–Crippen MR) is 91.2 cm³/mol. The Hall–Kier alpha value is -2.61. The van der Waals surface area contributed by atoms with Crippen molar-refractivity contribution in [1.29, 1.82) is 0 Å². The van der Waals surface area contributed by atoms with Gasteiger partial charge in [0.25, 0.3) is 5.69 Å². The van der Waals surface area contributed by atoms with Gasteiger partial charge in [-0.25, -0.2) is 9.79 Å². The summed E-state index contributed by atoms with van der Waals surface area (Å²) in [6.07, 6.45) is 0. The van der Waals surface area contributed by atoms with Crippen molar-refractivity contribution in [1.82, 2.24) is 4.90 Å². The first kappa shape index (κ1) is 16.3. The van der Waals surface area contributed by atoms with Crippen LogP contribution in [0.15, 0.2) is 51.6 Å². The van der Waals surface area contributed by atoms with Crippen molar-refractivity contribution < 1.29 is 14.5 Å². The third kappa shape index (κ3) is 2.58. The summed E-state index contributed by atoms with van der Waals surface area (Å²) in [4.78, 5) is 29.4. The average molecular weight is 345 g/mol. The van der Waals surface area contributed by atoms with Crippen LogP contribution in [-0.4, -0.2) is 28.1 Å². The summed E-state index contributed by atoms with van der Waals surface area (Å²) in [7, 11) is 1.31. The summed E-state index contributed by atoms with van der Waals surface area (Å²) in [6.45, 7) is 3.66. The molecule has 0 saturated carbocycles. The minimum Gasteiger partial charge on any atom is -0.466 e. The smallest absolute Gasteiger partial charge is 0.338 e. The number of hydrogen-bond acceptors (Lipinski definition) is 7. The van der Waals surface area contributed by atoms with Gasteiger partial charge in [0.2, 0.25) is 0 Å². The zero-order valence-corrected chi connectivity index (χ0v) is 14.2. The number of ether oxygens (including phenoxy) is 1. The zero-order chi connectivity index (χ0) is 17.4. The molecule has 2 aliphatic rings. The number of esters is 1. The Labute approximate surface area is 142 Å². The third-order valence-electron chi connectivity index (χ3n) is 3.91. The Morgan fingerprint density at radius 3 is 2.83 bits per heavy atom. The van der Waals surface area contributed by atoms with Crippen LogP contribution in [0.4, 0.5) is 5.69 Å². The highest BCUT2D eigenvalue weighted by Crippen LogP contribution is 2.44. The second kappa shape index (κ2) is 6.12. The maximum Gasteiger partial charge on any atom is 0.338 e. The number of rotatable bonds is 3. The van der Waals surface area contributed by atoms with Crippen molar-refractivity contribution in [3.8, 4) is 0 Å². The number of carbonyl (C=O) groups excluding carboxylic acids is 1. The highest BCUT2D eigenvalue weighted by Gasteiger charge is 2.39. The second-order valence-corrected chi connectivity index (χ2v) is 6.22. The molecule has 2 heterocycles. The molecule has 0 aliphatic carbocycles. The maximum atomic E-state index is 12.3.